The van der Waals surface area contributed by atoms with Gasteiger partial charge in [0.05, 0.1) is 30.9 Å². The van der Waals surface area contributed by atoms with Crippen molar-refractivity contribution < 1.29 is 14.6 Å². The lowest BCUT2D eigenvalue weighted by Gasteiger charge is -2.32. The number of primary amides is 1. The summed E-state index contributed by atoms with van der Waals surface area (Å²) in [6.07, 6.45) is 3.56. The minimum atomic E-state index is -0.573. The Morgan fingerprint density at radius 1 is 1.35 bits per heavy atom. The molecular formula is C15H23N5O3. The monoisotopic (exact) mass is 321 g/mol. The number of ether oxygens (including phenoxy) is 1. The predicted molar refractivity (Wildman–Crippen MR) is 85.2 cm³/mol. The number of hydrogen-bond donors (Lipinski definition) is 4. The largest absolute Gasteiger partial charge is 0.393 e. The van der Waals surface area contributed by atoms with E-state index in [0.29, 0.717) is 37.3 Å². The molecule has 1 saturated carbocycles. The van der Waals surface area contributed by atoms with Gasteiger partial charge in [0.25, 0.3) is 5.91 Å². The van der Waals surface area contributed by atoms with Gasteiger partial charge in [-0.25, -0.2) is 4.98 Å². The molecule has 2 fully saturated rings. The van der Waals surface area contributed by atoms with Crippen LogP contribution in [-0.2, 0) is 4.74 Å². The average Bonchev–Trinajstić information content (AvgIpc) is 2.47. The lowest BCUT2D eigenvalue weighted by molar-refractivity contribution is 0.0208. The van der Waals surface area contributed by atoms with Gasteiger partial charge < -0.3 is 26.2 Å². The van der Waals surface area contributed by atoms with E-state index in [4.69, 9.17) is 10.5 Å². The number of amides is 1. The van der Waals surface area contributed by atoms with Gasteiger partial charge in [-0.2, -0.15) is 4.98 Å². The van der Waals surface area contributed by atoms with E-state index in [9.17, 15) is 9.90 Å². The number of aliphatic hydroxyl groups is 1. The summed E-state index contributed by atoms with van der Waals surface area (Å²) in [6.45, 7) is 3.29. The van der Waals surface area contributed by atoms with Crippen LogP contribution in [0.4, 0.5) is 11.8 Å². The second-order valence-electron chi connectivity index (χ2n) is 6.40. The quantitative estimate of drug-likeness (QED) is 0.617. The SMILES string of the molecule is C[C@@H]1CC[C@@H](Nc2nc(NC3COC3)ncc2C(N)=O)C[C@H]1O. The van der Waals surface area contributed by atoms with Crippen LogP contribution in [0, 0.1) is 5.92 Å². The van der Waals surface area contributed by atoms with Crippen molar-refractivity contribution in [2.45, 2.75) is 44.4 Å². The fraction of sp³-hybridized carbons (Fsp3) is 0.667. The molecule has 1 aromatic heterocycles. The van der Waals surface area contributed by atoms with Crippen molar-refractivity contribution in [1.29, 1.82) is 0 Å². The van der Waals surface area contributed by atoms with E-state index >= 15 is 0 Å². The van der Waals surface area contributed by atoms with E-state index in [1.54, 1.807) is 0 Å². The Balaban J connectivity index is 1.74. The molecule has 1 aliphatic carbocycles. The number of nitrogens with two attached hydrogens (primary N) is 1. The summed E-state index contributed by atoms with van der Waals surface area (Å²) in [6, 6.07) is 0.258. The van der Waals surface area contributed by atoms with Crippen molar-refractivity contribution in [3.63, 3.8) is 0 Å². The molecule has 0 unspecified atom stereocenters. The summed E-state index contributed by atoms with van der Waals surface area (Å²) in [5.41, 5.74) is 5.67. The van der Waals surface area contributed by atoms with Crippen molar-refractivity contribution in [3.8, 4) is 0 Å². The molecular weight excluding hydrogens is 298 g/mol. The minimum absolute atomic E-state index is 0.0640. The third-order valence-electron chi connectivity index (χ3n) is 4.52. The number of nitrogens with one attached hydrogen (secondary N) is 2. The zero-order valence-corrected chi connectivity index (χ0v) is 13.2. The second kappa shape index (κ2) is 6.67. The molecule has 8 nitrogen and oxygen atoms in total. The normalized spacial score (nSPS) is 28.0. The molecule has 0 aromatic carbocycles. The number of carbonyl (C=O) groups is 1. The van der Waals surface area contributed by atoms with E-state index in [1.807, 2.05) is 6.92 Å². The van der Waals surface area contributed by atoms with E-state index < -0.39 is 5.91 Å². The highest BCUT2D eigenvalue weighted by Gasteiger charge is 2.27. The fourth-order valence-corrected chi connectivity index (χ4v) is 2.87. The number of hydrogen-bond acceptors (Lipinski definition) is 7. The molecule has 3 rings (SSSR count). The summed E-state index contributed by atoms with van der Waals surface area (Å²) in [7, 11) is 0. The minimum Gasteiger partial charge on any atom is -0.393 e. The van der Waals surface area contributed by atoms with Gasteiger partial charge in [0.2, 0.25) is 5.95 Å². The van der Waals surface area contributed by atoms with Crippen LogP contribution in [-0.4, -0.2) is 52.4 Å². The standard InChI is InChI=1S/C15H23N5O3/c1-8-2-3-9(4-12(8)21)18-14-11(13(16)22)5-17-15(20-14)19-10-6-23-7-10/h5,8-10,12,21H,2-4,6-7H2,1H3,(H2,16,22)(H2,17,18,19,20)/t8-,9-,12-/m1/s1. The van der Waals surface area contributed by atoms with E-state index in [2.05, 4.69) is 20.6 Å². The topological polar surface area (TPSA) is 122 Å². The Labute approximate surface area is 134 Å². The second-order valence-corrected chi connectivity index (χ2v) is 6.40. The average molecular weight is 321 g/mol. The van der Waals surface area contributed by atoms with Crippen molar-refractivity contribution in [3.05, 3.63) is 11.8 Å². The molecule has 1 amide bonds. The molecule has 126 valence electrons. The number of aliphatic hydroxyl groups excluding tert-OH is 1. The van der Waals surface area contributed by atoms with Gasteiger partial charge in [0.15, 0.2) is 0 Å². The van der Waals surface area contributed by atoms with Gasteiger partial charge >= 0.3 is 0 Å². The third-order valence-corrected chi connectivity index (χ3v) is 4.52. The van der Waals surface area contributed by atoms with Crippen LogP contribution in [0.5, 0.6) is 0 Å². The lowest BCUT2D eigenvalue weighted by atomic mass is 9.85. The number of carbonyl (C=O) groups excluding carboxylic acids is 1. The molecule has 1 saturated heterocycles. The summed E-state index contributed by atoms with van der Waals surface area (Å²) >= 11 is 0. The highest BCUT2D eigenvalue weighted by molar-refractivity contribution is 5.97. The van der Waals surface area contributed by atoms with Gasteiger partial charge in [-0.05, 0) is 25.2 Å². The summed E-state index contributed by atoms with van der Waals surface area (Å²) in [4.78, 5) is 20.1. The molecule has 1 aliphatic heterocycles. The number of nitrogens with zero attached hydrogens (tertiary/aromatic N) is 2. The molecule has 3 atom stereocenters. The van der Waals surface area contributed by atoms with Crippen LogP contribution in [0.15, 0.2) is 6.20 Å². The lowest BCUT2D eigenvalue weighted by Crippen LogP contribution is -2.41. The first-order chi connectivity index (χ1) is 11.0. The fourth-order valence-electron chi connectivity index (χ4n) is 2.87. The molecule has 0 radical (unpaired) electrons. The van der Waals surface area contributed by atoms with Crippen molar-refractivity contribution in [1.82, 2.24) is 9.97 Å². The first kappa shape index (κ1) is 15.9. The molecule has 2 heterocycles. The van der Waals surface area contributed by atoms with Crippen molar-refractivity contribution in [2.24, 2.45) is 11.7 Å². The number of rotatable bonds is 5. The van der Waals surface area contributed by atoms with E-state index in [0.717, 1.165) is 12.8 Å². The summed E-state index contributed by atoms with van der Waals surface area (Å²) < 4.78 is 5.11. The molecule has 8 heteroatoms. The van der Waals surface area contributed by atoms with Crippen LogP contribution in [0.3, 0.4) is 0 Å². The maximum atomic E-state index is 11.6. The molecule has 0 spiro atoms. The smallest absolute Gasteiger partial charge is 0.254 e. The maximum Gasteiger partial charge on any atom is 0.254 e. The Bertz CT molecular complexity index is 578. The number of anilines is 2. The maximum absolute atomic E-state index is 11.6. The molecule has 2 aliphatic rings. The molecule has 1 aromatic rings. The van der Waals surface area contributed by atoms with Crippen LogP contribution >= 0.6 is 0 Å². The summed E-state index contributed by atoms with van der Waals surface area (Å²) in [5.74, 6) is 0.582. The predicted octanol–water partition coefficient (Wildman–Crippen LogP) is 0.348. The molecule has 0 bridgehead atoms. The zero-order valence-electron chi connectivity index (χ0n) is 13.2. The van der Waals surface area contributed by atoms with Gasteiger partial charge in [-0.3, -0.25) is 4.79 Å². The van der Waals surface area contributed by atoms with Gasteiger partial charge in [0, 0.05) is 12.2 Å². The first-order valence-corrected chi connectivity index (χ1v) is 7.98. The van der Waals surface area contributed by atoms with Crippen LogP contribution in [0.25, 0.3) is 0 Å². The van der Waals surface area contributed by atoms with Crippen LogP contribution in [0.1, 0.15) is 36.5 Å². The van der Waals surface area contributed by atoms with Gasteiger partial charge in [-0.15, -0.1) is 0 Å². The first-order valence-electron chi connectivity index (χ1n) is 7.98. The Hall–Kier alpha value is -1.93. The Kier molecular flexibility index (Phi) is 4.63. The van der Waals surface area contributed by atoms with E-state index in [-0.39, 0.29) is 23.8 Å². The third kappa shape index (κ3) is 3.70. The Morgan fingerprint density at radius 2 is 2.13 bits per heavy atom. The van der Waals surface area contributed by atoms with Crippen LogP contribution < -0.4 is 16.4 Å². The van der Waals surface area contributed by atoms with Crippen molar-refractivity contribution in [2.75, 3.05) is 23.8 Å². The van der Waals surface area contributed by atoms with Gasteiger partial charge in [0.1, 0.15) is 5.82 Å². The zero-order chi connectivity index (χ0) is 16.4. The highest BCUT2D eigenvalue weighted by atomic mass is 16.5. The highest BCUT2D eigenvalue weighted by Crippen LogP contribution is 2.27. The van der Waals surface area contributed by atoms with Gasteiger partial charge in [-0.1, -0.05) is 6.92 Å². The molecule has 5 N–H and O–H groups in total. The summed E-state index contributed by atoms with van der Waals surface area (Å²) in [5, 5.41) is 16.4. The number of aromatic nitrogens is 2. The van der Waals surface area contributed by atoms with E-state index in [1.165, 1.54) is 6.20 Å². The van der Waals surface area contributed by atoms with Crippen LogP contribution in [0.2, 0.25) is 0 Å². The molecule has 23 heavy (non-hydrogen) atoms. The Morgan fingerprint density at radius 3 is 2.74 bits per heavy atom. The van der Waals surface area contributed by atoms with Crippen molar-refractivity contribution >= 4 is 17.7 Å².